The molecule has 1 fully saturated rings. The molecule has 0 radical (unpaired) electrons. The van der Waals surface area contributed by atoms with E-state index in [0.717, 1.165) is 18.5 Å². The largest absolute Gasteiger partial charge is 0.368 e. The van der Waals surface area contributed by atoms with E-state index in [-0.39, 0.29) is 5.41 Å². The van der Waals surface area contributed by atoms with Gasteiger partial charge in [0.05, 0.1) is 11.1 Å². The van der Waals surface area contributed by atoms with Crippen molar-refractivity contribution in [2.75, 3.05) is 5.01 Å². The molecule has 1 aliphatic carbocycles. The van der Waals surface area contributed by atoms with Gasteiger partial charge in [-0.15, -0.1) is 0 Å². The number of rotatable bonds is 5. The first kappa shape index (κ1) is 17.6. The maximum absolute atomic E-state index is 12.0. The van der Waals surface area contributed by atoms with Gasteiger partial charge in [0.15, 0.2) is 5.82 Å². The topological polar surface area (TPSA) is 97.6 Å². The molecule has 1 unspecified atom stereocenters. The zero-order valence-electron chi connectivity index (χ0n) is 16.1. The molecule has 0 spiro atoms. The summed E-state index contributed by atoms with van der Waals surface area (Å²) < 4.78 is 5.57. The minimum Gasteiger partial charge on any atom is -0.368 e. The number of aryl methyl sites for hydroxylation is 1. The molecule has 29 heavy (non-hydrogen) atoms. The van der Waals surface area contributed by atoms with E-state index in [0.29, 0.717) is 23.8 Å². The molecule has 2 heterocycles. The van der Waals surface area contributed by atoms with E-state index in [1.807, 2.05) is 30.3 Å². The summed E-state index contributed by atoms with van der Waals surface area (Å²) >= 11 is 0. The monoisotopic (exact) mass is 387 g/mol. The molecule has 0 saturated heterocycles. The molecule has 7 nitrogen and oxygen atoms in total. The Kier molecular flexibility index (Phi) is 3.97. The van der Waals surface area contributed by atoms with Gasteiger partial charge in [0.1, 0.15) is 11.8 Å². The van der Waals surface area contributed by atoms with E-state index >= 15 is 0 Å². The van der Waals surface area contributed by atoms with Crippen LogP contribution in [0.15, 0.2) is 64.2 Å². The highest BCUT2D eigenvalue weighted by Gasteiger charge is 2.50. The summed E-state index contributed by atoms with van der Waals surface area (Å²) in [6.07, 6.45) is 2.31. The van der Waals surface area contributed by atoms with Crippen molar-refractivity contribution in [3.8, 4) is 0 Å². The molecule has 3 aromatic rings. The highest BCUT2D eigenvalue weighted by Crippen LogP contribution is 2.52. The first-order valence-electron chi connectivity index (χ1n) is 9.70. The second-order valence-corrected chi connectivity index (χ2v) is 7.72. The average molecular weight is 387 g/mol. The summed E-state index contributed by atoms with van der Waals surface area (Å²) in [5.74, 6) is 0.587. The number of primary amides is 1. The van der Waals surface area contributed by atoms with Crippen molar-refractivity contribution >= 4 is 17.3 Å². The zero-order chi connectivity index (χ0) is 20.0. The second-order valence-electron chi connectivity index (χ2n) is 7.72. The molecule has 5 rings (SSSR count). The molecule has 1 atom stereocenters. The summed E-state index contributed by atoms with van der Waals surface area (Å²) in [4.78, 5) is 16.7. The molecule has 0 bridgehead atoms. The van der Waals surface area contributed by atoms with Gasteiger partial charge >= 0.3 is 0 Å². The number of benzene rings is 2. The van der Waals surface area contributed by atoms with E-state index in [2.05, 4.69) is 46.4 Å². The fraction of sp³-hybridized carbons (Fsp3) is 0.273. The molecule has 2 aliphatic rings. The van der Waals surface area contributed by atoms with Gasteiger partial charge in [0.25, 0.3) is 5.89 Å². The van der Waals surface area contributed by atoms with Gasteiger partial charge in [-0.05, 0) is 37.5 Å². The van der Waals surface area contributed by atoms with Crippen LogP contribution in [0.4, 0.5) is 5.69 Å². The van der Waals surface area contributed by atoms with Gasteiger partial charge in [0, 0.05) is 6.42 Å². The molecule has 2 N–H and O–H groups in total. The lowest BCUT2D eigenvalue weighted by Gasteiger charge is -2.20. The van der Waals surface area contributed by atoms with Crippen LogP contribution in [-0.4, -0.2) is 27.8 Å². The summed E-state index contributed by atoms with van der Waals surface area (Å²) in [5.41, 5.74) is 9.23. The van der Waals surface area contributed by atoms with Crippen LogP contribution in [0, 0.1) is 6.92 Å². The number of hydrogen-bond donors (Lipinski definition) is 1. The van der Waals surface area contributed by atoms with E-state index in [4.69, 9.17) is 10.3 Å². The Morgan fingerprint density at radius 1 is 1.17 bits per heavy atom. The maximum atomic E-state index is 12.0. The number of aromatic nitrogens is 2. The molecule has 1 aromatic heterocycles. The predicted octanol–water partition coefficient (Wildman–Crippen LogP) is 2.93. The van der Waals surface area contributed by atoms with Gasteiger partial charge in [-0.25, -0.2) is 0 Å². The van der Waals surface area contributed by atoms with Crippen molar-refractivity contribution < 1.29 is 9.32 Å². The molecule has 1 amide bonds. The van der Waals surface area contributed by atoms with Crippen LogP contribution >= 0.6 is 0 Å². The van der Waals surface area contributed by atoms with E-state index in [1.54, 1.807) is 5.01 Å². The first-order valence-corrected chi connectivity index (χ1v) is 9.70. The number of anilines is 1. The third-order valence-electron chi connectivity index (χ3n) is 5.68. The maximum Gasteiger partial charge on any atom is 0.274 e. The number of nitrogens with two attached hydrogens (primary N) is 1. The Morgan fingerprint density at radius 3 is 2.66 bits per heavy atom. The van der Waals surface area contributed by atoms with Gasteiger partial charge in [-0.1, -0.05) is 53.2 Å². The molecule has 1 aliphatic heterocycles. The Labute approximate surface area is 168 Å². The quantitative estimate of drug-likeness (QED) is 0.726. The van der Waals surface area contributed by atoms with Crippen molar-refractivity contribution in [1.29, 1.82) is 0 Å². The first-order chi connectivity index (χ1) is 14.1. The van der Waals surface area contributed by atoms with Crippen LogP contribution in [0.3, 0.4) is 0 Å². The van der Waals surface area contributed by atoms with Gasteiger partial charge < -0.3 is 10.3 Å². The van der Waals surface area contributed by atoms with Crippen molar-refractivity contribution in [2.45, 2.75) is 37.6 Å². The third kappa shape index (κ3) is 2.99. The fourth-order valence-corrected chi connectivity index (χ4v) is 3.92. The lowest BCUT2D eigenvalue weighted by molar-refractivity contribution is -0.119. The van der Waals surface area contributed by atoms with Gasteiger partial charge in [0.2, 0.25) is 5.91 Å². The van der Waals surface area contributed by atoms with Crippen LogP contribution in [0.1, 0.15) is 42.1 Å². The number of amides is 1. The third-order valence-corrected chi connectivity index (χ3v) is 5.68. The molecule has 1 saturated carbocycles. The minimum atomic E-state index is -0.575. The Hall–Kier alpha value is -3.48. The SMILES string of the molecule is Cc1cccc(C2(c3noc(C4=NN(c5ccccc5)C(C(N)=O)C4)n3)CC2)c1. The highest BCUT2D eigenvalue weighted by atomic mass is 16.5. The predicted molar refractivity (Wildman–Crippen MR) is 109 cm³/mol. The van der Waals surface area contributed by atoms with E-state index < -0.39 is 11.9 Å². The normalized spacial score (nSPS) is 19.8. The Morgan fingerprint density at radius 2 is 1.97 bits per heavy atom. The summed E-state index contributed by atoms with van der Waals surface area (Å²) in [7, 11) is 0. The van der Waals surface area contributed by atoms with Gasteiger partial charge in [-0.3, -0.25) is 9.80 Å². The van der Waals surface area contributed by atoms with E-state index in [1.165, 1.54) is 11.1 Å². The van der Waals surface area contributed by atoms with Gasteiger partial charge in [-0.2, -0.15) is 10.1 Å². The Bertz CT molecular complexity index is 1100. The second kappa shape index (κ2) is 6.55. The number of nitrogens with zero attached hydrogens (tertiary/aromatic N) is 4. The smallest absolute Gasteiger partial charge is 0.274 e. The average Bonchev–Trinajstić information content (AvgIpc) is 3.18. The minimum absolute atomic E-state index is 0.185. The summed E-state index contributed by atoms with van der Waals surface area (Å²) in [5, 5.41) is 10.5. The molecule has 146 valence electrons. The van der Waals surface area contributed by atoms with Crippen molar-refractivity contribution in [1.82, 2.24) is 10.1 Å². The number of carbonyl (C=O) groups excluding carboxylic acids is 1. The number of hydrazone groups is 1. The Balaban J connectivity index is 1.47. The fourth-order valence-electron chi connectivity index (χ4n) is 3.92. The van der Waals surface area contributed by atoms with Crippen LogP contribution in [0.2, 0.25) is 0 Å². The van der Waals surface area contributed by atoms with Crippen LogP contribution < -0.4 is 10.7 Å². The molecular formula is C22H21N5O2. The zero-order valence-corrected chi connectivity index (χ0v) is 16.1. The lowest BCUT2D eigenvalue weighted by atomic mass is 9.94. The molecular weight excluding hydrogens is 366 g/mol. The molecule has 2 aromatic carbocycles. The van der Waals surface area contributed by atoms with Crippen molar-refractivity contribution in [3.05, 3.63) is 77.4 Å². The van der Waals surface area contributed by atoms with E-state index in [9.17, 15) is 4.79 Å². The standard InChI is InChI=1S/C22H21N5O2/c1-14-6-5-7-15(12-14)22(10-11-22)21-24-20(29-26-21)17-13-18(19(23)28)27(25-17)16-8-3-2-4-9-16/h2-9,12,18H,10-11,13H2,1H3,(H2,23,28). The highest BCUT2D eigenvalue weighted by molar-refractivity contribution is 6.04. The molecule has 7 heteroatoms. The number of para-hydroxylation sites is 1. The summed E-state index contributed by atoms with van der Waals surface area (Å²) in [6, 6.07) is 17.3. The van der Waals surface area contributed by atoms with Crippen molar-refractivity contribution in [2.24, 2.45) is 10.8 Å². The van der Waals surface area contributed by atoms with Crippen LogP contribution in [0.25, 0.3) is 0 Å². The summed E-state index contributed by atoms with van der Waals surface area (Å²) in [6.45, 7) is 2.08. The number of carbonyl (C=O) groups is 1. The van der Waals surface area contributed by atoms with Crippen LogP contribution in [-0.2, 0) is 10.2 Å². The number of hydrogen-bond acceptors (Lipinski definition) is 6. The van der Waals surface area contributed by atoms with Crippen LogP contribution in [0.5, 0.6) is 0 Å². The van der Waals surface area contributed by atoms with Crippen molar-refractivity contribution in [3.63, 3.8) is 0 Å². The lowest BCUT2D eigenvalue weighted by Crippen LogP contribution is -2.39.